The van der Waals surface area contributed by atoms with Gasteiger partial charge in [0.2, 0.25) is 0 Å². The Balaban J connectivity index is 11.7. The van der Waals surface area contributed by atoms with E-state index >= 15 is 0 Å². The van der Waals surface area contributed by atoms with Gasteiger partial charge in [-0.2, -0.15) is 0 Å². The van der Waals surface area contributed by atoms with Crippen LogP contribution in [0.5, 0.6) is 0 Å². The van der Waals surface area contributed by atoms with E-state index in [1.807, 2.05) is 0 Å². The third-order valence-corrected chi connectivity index (χ3v) is 0. The summed E-state index contributed by atoms with van der Waals surface area (Å²) in [6, 6.07) is 0. The molecule has 0 aromatic rings. The molecule has 0 aromatic carbocycles. The zero-order valence-electron chi connectivity index (χ0n) is 5.56. The molecule has 0 aliphatic rings. The van der Waals surface area contributed by atoms with E-state index in [0.717, 1.165) is 0 Å². The van der Waals surface area contributed by atoms with E-state index in [2.05, 4.69) is 28.9 Å². The van der Waals surface area contributed by atoms with Crippen LogP contribution in [0.4, 0.5) is 0 Å². The standard InChI is InChI=1S/6CH2.2O.Ti/h6*1H2;;;. The Hall–Kier alpha value is -0.466. The predicted molar refractivity (Wildman–Crippen MR) is 44.1 cm³/mol. The van der Waals surface area contributed by atoms with Gasteiger partial charge in [-0.05, 0) is 0 Å². The first kappa shape index (κ1) is 8.53. The monoisotopic (exact) mass is 164 g/mol. The number of hydrogen-bond acceptors (Lipinski definition) is 2. The summed E-state index contributed by atoms with van der Waals surface area (Å²) in [6.45, 7) is 0. The summed E-state index contributed by atoms with van der Waals surface area (Å²) in [4.78, 5) is 16.8. The molecule has 0 aromatic heterocycles. The molecule has 0 amide bonds. The zero-order chi connectivity index (χ0) is 8.35. The van der Waals surface area contributed by atoms with Crippen molar-refractivity contribution in [1.29, 1.82) is 0 Å². The Morgan fingerprint density at radius 2 is 0.667 bits per heavy atom. The molecule has 0 heterocycles. The van der Waals surface area contributed by atoms with Crippen molar-refractivity contribution < 1.29 is 15.3 Å². The van der Waals surface area contributed by atoms with Crippen molar-refractivity contribution in [2.75, 3.05) is 0 Å². The fraction of sp³-hybridized carbons (Fsp3) is 0. The van der Waals surface area contributed by atoms with Gasteiger partial charge in [0.1, 0.15) is 0 Å². The van der Waals surface area contributed by atoms with Crippen molar-refractivity contribution in [2.45, 2.75) is 0 Å². The van der Waals surface area contributed by atoms with E-state index in [1.54, 1.807) is 0 Å². The Labute approximate surface area is 44.5 Å². The van der Waals surface area contributed by atoms with Crippen LogP contribution in [0.1, 0.15) is 0 Å². The van der Waals surface area contributed by atoms with Crippen LogP contribution >= 0.6 is 0 Å². The first-order valence-corrected chi connectivity index (χ1v) is 10.4. The van der Waals surface area contributed by atoms with Gasteiger partial charge in [-0.3, -0.25) is 0 Å². The second-order valence-electron chi connectivity index (χ2n) is 5.57. The second-order valence-corrected chi connectivity index (χ2v) is 22.9. The minimum atomic E-state index is -7.25. The van der Waals surface area contributed by atoms with Crippen LogP contribution in [0, 0.1) is 0 Å². The molecule has 0 N–H and O–H groups in total. The predicted octanol–water partition coefficient (Wildman–Crippen LogP) is -0.434. The van der Waals surface area contributed by atoms with Gasteiger partial charge in [-0.25, -0.2) is 0 Å². The van der Waals surface area contributed by atoms with E-state index in [9.17, 15) is 6.65 Å². The van der Waals surface area contributed by atoms with Gasteiger partial charge in [0, 0.05) is 0 Å². The summed E-state index contributed by atoms with van der Waals surface area (Å²) in [5.41, 5.74) is 0. The topological polar surface area (TPSA) is 34.1 Å². The average molecular weight is 164 g/mol. The SMILES string of the molecule is [CH2]=[Ti](=[CH2])(=[CH2])(=[CH2])(=[CH2])(=[CH2])(=[O])=[O]. The molecular weight excluding hydrogens is 152 g/mol. The van der Waals surface area contributed by atoms with Gasteiger partial charge in [0.05, 0.1) is 0 Å². The molecule has 0 rings (SSSR count). The fourth-order valence-corrected chi connectivity index (χ4v) is 0. The maximum absolute atomic E-state index is 11.4. The molecule has 0 radical (unpaired) electrons. The maximum atomic E-state index is 11.4. The molecule has 0 bridgehead atoms. The van der Waals surface area contributed by atoms with Crippen LogP contribution in [-0.4, -0.2) is 28.9 Å². The van der Waals surface area contributed by atoms with E-state index < -0.39 is 8.62 Å². The molecule has 0 aliphatic carbocycles. The molecule has 0 aliphatic heterocycles. The summed E-state index contributed by atoms with van der Waals surface area (Å²) < 4.78 is 22.7. The van der Waals surface area contributed by atoms with Crippen molar-refractivity contribution in [3.8, 4) is 0 Å². The van der Waals surface area contributed by atoms with Gasteiger partial charge in [0.15, 0.2) is 0 Å². The van der Waals surface area contributed by atoms with Gasteiger partial charge >= 0.3 is 44.2 Å². The van der Waals surface area contributed by atoms with Gasteiger partial charge in [-0.15, -0.1) is 0 Å². The van der Waals surface area contributed by atoms with Crippen LogP contribution in [-0.2, 0) is 15.3 Å². The molecule has 9 heavy (non-hydrogen) atoms. The summed E-state index contributed by atoms with van der Waals surface area (Å²) in [5.74, 6) is 0. The van der Waals surface area contributed by atoms with Crippen molar-refractivity contribution in [1.82, 2.24) is 0 Å². The van der Waals surface area contributed by atoms with Gasteiger partial charge in [-0.1, -0.05) is 0 Å². The molecule has 0 fully saturated rings. The van der Waals surface area contributed by atoms with Gasteiger partial charge < -0.3 is 0 Å². The van der Waals surface area contributed by atoms with Crippen molar-refractivity contribution in [3.63, 3.8) is 0 Å². The van der Waals surface area contributed by atoms with E-state index in [1.165, 1.54) is 0 Å². The molecular formula is C6H12O2Ti. The number of hydrogen-bond donors (Lipinski definition) is 0. The summed E-state index contributed by atoms with van der Waals surface area (Å²) in [7, 11) is -7.25. The van der Waals surface area contributed by atoms with Crippen LogP contribution in [0.15, 0.2) is 0 Å². The molecule has 0 unspecified atom stereocenters. The Morgan fingerprint density at radius 3 is 0.667 bits per heavy atom. The summed E-state index contributed by atoms with van der Waals surface area (Å²) in [6.07, 6.45) is 0. The molecule has 0 atom stereocenters. The van der Waals surface area contributed by atoms with Crippen molar-refractivity contribution in [3.05, 3.63) is 0 Å². The number of rotatable bonds is 0. The van der Waals surface area contributed by atoms with Crippen molar-refractivity contribution >= 4 is 28.9 Å². The minimum absolute atomic E-state index is 2.80. The summed E-state index contributed by atoms with van der Waals surface area (Å²) in [5, 5.41) is 0. The zero-order valence-corrected chi connectivity index (χ0v) is 7.12. The Kier molecular flexibility index (Phi) is 0.402. The molecule has 0 saturated carbocycles. The van der Waals surface area contributed by atoms with E-state index in [-0.39, 0.29) is 0 Å². The molecule has 52 valence electrons. The second kappa shape index (κ2) is 0.424. The van der Waals surface area contributed by atoms with Crippen LogP contribution in [0.25, 0.3) is 0 Å². The van der Waals surface area contributed by atoms with Crippen molar-refractivity contribution in [2.24, 2.45) is 0 Å². The van der Waals surface area contributed by atoms with E-state index in [4.69, 9.17) is 0 Å². The van der Waals surface area contributed by atoms with Crippen LogP contribution in [0.2, 0.25) is 0 Å². The van der Waals surface area contributed by atoms with Gasteiger partial charge in [0.25, 0.3) is 0 Å². The Morgan fingerprint density at radius 1 is 0.667 bits per heavy atom. The first-order valence-electron chi connectivity index (χ1n) is 2.53. The molecule has 2 nitrogen and oxygen atoms in total. The third kappa shape index (κ3) is 1060. The fourth-order valence-electron chi connectivity index (χ4n) is 0. The van der Waals surface area contributed by atoms with E-state index in [0.29, 0.717) is 0 Å². The molecule has 3 heteroatoms. The average Bonchev–Trinajstić information content (AvgIpc) is 0.503. The molecule has 0 saturated heterocycles. The normalized spacial score (nSPS) is 8.89. The Bertz CT molecular complexity index is 882. The first-order chi connectivity index (χ1) is 2.83. The summed E-state index contributed by atoms with van der Waals surface area (Å²) >= 11 is 0. The van der Waals surface area contributed by atoms with Crippen LogP contribution in [0.3, 0.4) is 0 Å². The third-order valence-electron chi connectivity index (χ3n) is 0. The quantitative estimate of drug-likeness (QED) is 0.455. The van der Waals surface area contributed by atoms with Crippen LogP contribution < -0.4 is 0 Å². The molecule has 0 spiro atoms.